The molecule has 0 saturated carbocycles. The highest BCUT2D eigenvalue weighted by Crippen LogP contribution is 2.14. The van der Waals surface area contributed by atoms with Gasteiger partial charge in [0.2, 0.25) is 0 Å². The van der Waals surface area contributed by atoms with Crippen molar-refractivity contribution in [2.75, 3.05) is 32.8 Å². The fraction of sp³-hybridized carbons (Fsp3) is 0.900. The van der Waals surface area contributed by atoms with E-state index in [0.29, 0.717) is 19.6 Å². The van der Waals surface area contributed by atoms with Gasteiger partial charge < -0.3 is 9.64 Å². The van der Waals surface area contributed by atoms with Crippen molar-refractivity contribution in [3.63, 3.8) is 0 Å². The number of hydrogen-bond acceptors (Lipinski definition) is 3. The van der Waals surface area contributed by atoms with Crippen LogP contribution in [0.1, 0.15) is 13.8 Å². The highest BCUT2D eigenvalue weighted by molar-refractivity contribution is 4.81. The predicted molar refractivity (Wildman–Crippen MR) is 53.8 cm³/mol. The molecule has 0 aromatic carbocycles. The van der Waals surface area contributed by atoms with Crippen molar-refractivity contribution in [1.82, 2.24) is 4.90 Å². The number of ether oxygens (including phenoxy) is 1. The zero-order valence-corrected chi connectivity index (χ0v) is 9.55. The summed E-state index contributed by atoms with van der Waals surface area (Å²) in [7, 11) is 0. The molecule has 0 bridgehead atoms. The average Bonchev–Trinajstić information content (AvgIpc) is 2.20. The van der Waals surface area contributed by atoms with Crippen LogP contribution in [0, 0.1) is 17.2 Å². The van der Waals surface area contributed by atoms with Crippen molar-refractivity contribution in [1.29, 1.82) is 5.26 Å². The van der Waals surface area contributed by atoms with Crippen molar-refractivity contribution in [3.05, 3.63) is 0 Å². The first-order valence-corrected chi connectivity index (χ1v) is 5.15. The van der Waals surface area contributed by atoms with Crippen molar-refractivity contribution in [2.24, 2.45) is 5.92 Å². The topological polar surface area (TPSA) is 36.3 Å². The summed E-state index contributed by atoms with van der Waals surface area (Å²) in [4.78, 5) is 1.89. The molecule has 0 rings (SSSR count). The van der Waals surface area contributed by atoms with Crippen molar-refractivity contribution in [2.45, 2.75) is 20.0 Å². The quantitative estimate of drug-likeness (QED) is 0.637. The van der Waals surface area contributed by atoms with E-state index in [9.17, 15) is 13.2 Å². The highest BCUT2D eigenvalue weighted by Gasteiger charge is 2.27. The van der Waals surface area contributed by atoms with Gasteiger partial charge in [0.25, 0.3) is 0 Å². The largest absolute Gasteiger partial charge is 0.411 e. The Hall–Kier alpha value is -0.800. The predicted octanol–water partition coefficient (Wildman–Crippen LogP) is 2.05. The summed E-state index contributed by atoms with van der Waals surface area (Å²) in [6, 6.07) is 2.08. The van der Waals surface area contributed by atoms with Crippen LogP contribution in [0.25, 0.3) is 0 Å². The Morgan fingerprint density at radius 1 is 1.44 bits per heavy atom. The van der Waals surface area contributed by atoms with Gasteiger partial charge in [-0.1, -0.05) is 6.92 Å². The number of halogens is 3. The molecule has 0 aromatic heterocycles. The van der Waals surface area contributed by atoms with E-state index < -0.39 is 12.8 Å². The number of nitriles is 1. The van der Waals surface area contributed by atoms with Crippen molar-refractivity contribution < 1.29 is 17.9 Å². The van der Waals surface area contributed by atoms with Crippen LogP contribution >= 0.6 is 0 Å². The minimum Gasteiger partial charge on any atom is -0.371 e. The minimum absolute atomic E-state index is 0.0332. The lowest BCUT2D eigenvalue weighted by atomic mass is 10.2. The monoisotopic (exact) mass is 238 g/mol. The smallest absolute Gasteiger partial charge is 0.371 e. The number of rotatable bonds is 7. The molecule has 0 radical (unpaired) electrons. The van der Waals surface area contributed by atoms with Crippen molar-refractivity contribution in [3.8, 4) is 6.07 Å². The first-order chi connectivity index (χ1) is 7.39. The SMILES string of the molecule is CCN(CCOCC(F)(F)F)CC(C)C#N. The van der Waals surface area contributed by atoms with E-state index in [4.69, 9.17) is 5.26 Å². The molecule has 0 fully saturated rings. The standard InChI is InChI=1S/C10H17F3N2O/c1-3-15(7-9(2)6-14)4-5-16-8-10(11,12)13/h9H,3-5,7-8H2,1-2H3. The lowest BCUT2D eigenvalue weighted by molar-refractivity contribution is -0.174. The molecule has 0 aliphatic heterocycles. The van der Waals surface area contributed by atoms with Gasteiger partial charge in [0.05, 0.1) is 18.6 Å². The molecule has 0 aromatic rings. The normalized spacial score (nSPS) is 13.8. The van der Waals surface area contributed by atoms with Gasteiger partial charge in [0, 0.05) is 13.1 Å². The molecular formula is C10H17F3N2O. The van der Waals surface area contributed by atoms with Crippen LogP contribution in [0.2, 0.25) is 0 Å². The van der Waals surface area contributed by atoms with Gasteiger partial charge in [-0.15, -0.1) is 0 Å². The molecule has 0 heterocycles. The Morgan fingerprint density at radius 2 is 2.06 bits per heavy atom. The van der Waals surface area contributed by atoms with E-state index in [1.54, 1.807) is 6.92 Å². The minimum atomic E-state index is -4.27. The summed E-state index contributed by atoms with van der Waals surface area (Å²) in [5, 5.41) is 8.60. The first kappa shape index (κ1) is 15.2. The molecule has 3 nitrogen and oxygen atoms in total. The lowest BCUT2D eigenvalue weighted by Crippen LogP contribution is -2.32. The van der Waals surface area contributed by atoms with Crippen LogP contribution < -0.4 is 0 Å². The highest BCUT2D eigenvalue weighted by atomic mass is 19.4. The van der Waals surface area contributed by atoms with E-state index >= 15 is 0 Å². The summed E-state index contributed by atoms with van der Waals surface area (Å²) in [5.74, 6) is -0.123. The first-order valence-electron chi connectivity index (χ1n) is 5.15. The molecule has 0 N–H and O–H groups in total. The second kappa shape index (κ2) is 7.47. The molecule has 94 valence electrons. The summed E-state index contributed by atoms with van der Waals surface area (Å²) in [6.07, 6.45) is -4.27. The van der Waals surface area contributed by atoms with Crippen LogP contribution in [-0.2, 0) is 4.74 Å². The van der Waals surface area contributed by atoms with E-state index in [1.165, 1.54) is 0 Å². The zero-order chi connectivity index (χ0) is 12.6. The molecule has 1 atom stereocenters. The van der Waals surface area contributed by atoms with E-state index in [2.05, 4.69) is 10.8 Å². The molecule has 0 spiro atoms. The molecule has 0 aliphatic carbocycles. The molecule has 6 heteroatoms. The fourth-order valence-corrected chi connectivity index (χ4v) is 1.19. The second-order valence-corrected chi connectivity index (χ2v) is 3.59. The fourth-order valence-electron chi connectivity index (χ4n) is 1.19. The summed E-state index contributed by atoms with van der Waals surface area (Å²) >= 11 is 0. The van der Waals surface area contributed by atoms with Crippen LogP contribution in [0.15, 0.2) is 0 Å². The average molecular weight is 238 g/mol. The maximum absolute atomic E-state index is 11.7. The summed E-state index contributed by atoms with van der Waals surface area (Å²) < 4.78 is 39.7. The van der Waals surface area contributed by atoms with Gasteiger partial charge in [-0.3, -0.25) is 0 Å². The van der Waals surface area contributed by atoms with Gasteiger partial charge in [0.15, 0.2) is 0 Å². The number of nitrogens with zero attached hydrogens (tertiary/aromatic N) is 2. The molecular weight excluding hydrogens is 221 g/mol. The second-order valence-electron chi connectivity index (χ2n) is 3.59. The summed E-state index contributed by atoms with van der Waals surface area (Å²) in [5.41, 5.74) is 0. The van der Waals surface area contributed by atoms with Crippen LogP contribution in [0.5, 0.6) is 0 Å². The Kier molecular flexibility index (Phi) is 7.10. The Labute approximate surface area is 93.8 Å². The van der Waals surface area contributed by atoms with E-state index in [1.807, 2.05) is 11.8 Å². The molecule has 0 aliphatic rings. The number of alkyl halides is 3. The number of likely N-dealkylation sites (N-methyl/N-ethyl adjacent to an activating group) is 1. The lowest BCUT2D eigenvalue weighted by Gasteiger charge is -2.21. The zero-order valence-electron chi connectivity index (χ0n) is 9.55. The maximum atomic E-state index is 11.7. The van der Waals surface area contributed by atoms with Gasteiger partial charge >= 0.3 is 6.18 Å². The Bertz CT molecular complexity index is 225. The van der Waals surface area contributed by atoms with E-state index in [0.717, 1.165) is 0 Å². The molecule has 1 unspecified atom stereocenters. The van der Waals surface area contributed by atoms with Gasteiger partial charge in [-0.2, -0.15) is 18.4 Å². The third kappa shape index (κ3) is 8.50. The van der Waals surface area contributed by atoms with Crippen LogP contribution in [-0.4, -0.2) is 43.9 Å². The van der Waals surface area contributed by atoms with Crippen LogP contribution in [0.3, 0.4) is 0 Å². The molecule has 16 heavy (non-hydrogen) atoms. The number of hydrogen-bond donors (Lipinski definition) is 0. The van der Waals surface area contributed by atoms with Crippen molar-refractivity contribution >= 4 is 0 Å². The third-order valence-corrected chi connectivity index (χ3v) is 2.02. The maximum Gasteiger partial charge on any atom is 0.411 e. The Balaban J connectivity index is 3.68. The molecule has 0 amide bonds. The summed E-state index contributed by atoms with van der Waals surface area (Å²) in [6.45, 7) is 4.17. The molecule has 0 saturated heterocycles. The Morgan fingerprint density at radius 3 is 2.50 bits per heavy atom. The third-order valence-electron chi connectivity index (χ3n) is 2.02. The van der Waals surface area contributed by atoms with Gasteiger partial charge in [-0.05, 0) is 13.5 Å². The van der Waals surface area contributed by atoms with Gasteiger partial charge in [-0.25, -0.2) is 0 Å². The van der Waals surface area contributed by atoms with Gasteiger partial charge in [0.1, 0.15) is 6.61 Å². The van der Waals surface area contributed by atoms with Crippen LogP contribution in [0.4, 0.5) is 13.2 Å². The van der Waals surface area contributed by atoms with E-state index in [-0.39, 0.29) is 12.5 Å².